The Morgan fingerprint density at radius 2 is 0.770 bits per heavy atom. The highest BCUT2D eigenvalue weighted by atomic mass is 19.1. The van der Waals surface area contributed by atoms with Gasteiger partial charge < -0.3 is 89.8 Å². The summed E-state index contributed by atoms with van der Waals surface area (Å²) in [4.78, 5) is 72.9. The Hall–Kier alpha value is -16.7. The first-order valence-electron chi connectivity index (χ1n) is 42.2. The number of allylic oxidation sites excluding steroid dienone is 4. The summed E-state index contributed by atoms with van der Waals surface area (Å²) in [5.74, 6) is -1.29. The number of benzene rings is 8. The summed E-state index contributed by atoms with van der Waals surface area (Å²) >= 11 is 0. The number of rotatable bonds is 27. The predicted molar refractivity (Wildman–Crippen MR) is 506 cm³/mol. The van der Waals surface area contributed by atoms with E-state index in [4.69, 9.17) is 37.9 Å². The van der Waals surface area contributed by atoms with E-state index in [9.17, 15) is 57.2 Å². The molecular weight excluding hydrogens is 1740 g/mol. The minimum absolute atomic E-state index is 0.0111. The lowest BCUT2D eigenvalue weighted by Crippen LogP contribution is -2.34. The first kappa shape index (κ1) is 95.8. The van der Waals surface area contributed by atoms with E-state index in [-0.39, 0.29) is 118 Å². The van der Waals surface area contributed by atoms with Crippen LogP contribution in [0.4, 0.5) is 22.4 Å². The smallest absolute Gasteiger partial charge is 0.319 e. The first-order chi connectivity index (χ1) is 65.2. The molecule has 2 aliphatic heterocycles. The molecule has 1 unspecified atom stereocenters. The molecule has 0 saturated heterocycles. The molecule has 0 spiro atoms. The van der Waals surface area contributed by atoms with Crippen molar-refractivity contribution < 1.29 is 95.1 Å². The first-order valence-corrected chi connectivity index (χ1v) is 42.2. The number of aromatic hydroxyl groups is 4. The van der Waals surface area contributed by atoms with Crippen molar-refractivity contribution in [3.05, 3.63) is 343 Å². The van der Waals surface area contributed by atoms with Gasteiger partial charge in [0.15, 0.2) is 46.0 Å². The molecule has 16 rings (SSSR count). The van der Waals surface area contributed by atoms with Gasteiger partial charge in [-0.05, 0) is 177 Å². The van der Waals surface area contributed by atoms with Crippen LogP contribution in [0.3, 0.4) is 0 Å². The molecule has 692 valence electrons. The number of hydrogen-bond donors (Lipinski definition) is 9. The van der Waals surface area contributed by atoms with Gasteiger partial charge in [-0.3, -0.25) is 24.4 Å². The maximum atomic E-state index is 14.1. The number of methoxy groups -OCH3 is 8. The summed E-state index contributed by atoms with van der Waals surface area (Å²) in [5, 5.41) is 55.2. The van der Waals surface area contributed by atoms with Crippen molar-refractivity contribution in [1.29, 1.82) is 0 Å². The number of carbonyl (C=O) groups excluding carboxylic acids is 4. The molecule has 0 fully saturated rings. The molecule has 12 aromatic rings. The van der Waals surface area contributed by atoms with Gasteiger partial charge in [0.05, 0.1) is 111 Å². The normalized spacial score (nSPS) is 14.1. The second-order valence-electron chi connectivity index (χ2n) is 30.9. The number of aliphatic imine (C=N–C) groups is 1. The van der Waals surface area contributed by atoms with Gasteiger partial charge in [-0.2, -0.15) is 13.2 Å². The van der Waals surface area contributed by atoms with Crippen LogP contribution in [0, 0.1) is 23.7 Å². The van der Waals surface area contributed by atoms with E-state index < -0.39 is 23.7 Å². The van der Waals surface area contributed by atoms with Crippen LogP contribution >= 0.6 is 0 Å². The van der Waals surface area contributed by atoms with E-state index in [1.807, 2.05) is 165 Å². The van der Waals surface area contributed by atoms with Crippen LogP contribution < -0.4 is 64.5 Å². The van der Waals surface area contributed by atoms with Crippen LogP contribution in [-0.2, 0) is 40.6 Å². The van der Waals surface area contributed by atoms with Crippen molar-refractivity contribution in [2.24, 2.45) is 4.99 Å². The van der Waals surface area contributed by atoms with Gasteiger partial charge in [0, 0.05) is 103 Å². The van der Waals surface area contributed by atoms with E-state index in [1.54, 1.807) is 54.6 Å². The van der Waals surface area contributed by atoms with Crippen LogP contribution in [0.15, 0.2) is 235 Å². The van der Waals surface area contributed by atoms with Gasteiger partial charge in [-0.25, -0.2) is 24.1 Å². The zero-order chi connectivity index (χ0) is 96.1. The minimum atomic E-state index is -0.652. The zero-order valence-electron chi connectivity index (χ0n) is 75.5. The lowest BCUT2D eigenvalue weighted by molar-refractivity contribution is -0.122. The maximum Gasteiger partial charge on any atom is 0.319 e. The summed E-state index contributed by atoms with van der Waals surface area (Å²) in [6.07, 6.45) is 12.9. The van der Waals surface area contributed by atoms with E-state index in [0.29, 0.717) is 110 Å². The topological polar surface area (TPSA) is 350 Å². The maximum absolute atomic E-state index is 14.1. The summed E-state index contributed by atoms with van der Waals surface area (Å²) in [6, 6.07) is 56.3. The number of fused-ring (bicyclic) bond motifs is 4. The third kappa shape index (κ3) is 23.2. The van der Waals surface area contributed by atoms with Crippen molar-refractivity contribution in [2.75, 3.05) is 63.9 Å². The van der Waals surface area contributed by atoms with E-state index in [2.05, 4.69) is 51.5 Å². The molecule has 8 aromatic carbocycles. The van der Waals surface area contributed by atoms with Crippen LogP contribution in [0.2, 0.25) is 0 Å². The van der Waals surface area contributed by atoms with Gasteiger partial charge >= 0.3 is 6.03 Å². The number of amides is 5. The average Bonchev–Trinajstić information content (AvgIpc) is 1.62. The molecular formula is C104H97F4N11O16. The largest absolute Gasteiger partial charge is 0.502 e. The molecule has 0 radical (unpaired) electrons. The molecule has 4 aliphatic rings. The number of pyridine rings is 4. The summed E-state index contributed by atoms with van der Waals surface area (Å²) in [6.45, 7) is 5.31. The number of carbonyl (C=O) groups is 4. The Balaban J connectivity index is 0.000000152. The fourth-order valence-corrected chi connectivity index (χ4v) is 15.5. The van der Waals surface area contributed by atoms with Crippen molar-refractivity contribution in [1.82, 2.24) is 51.4 Å². The van der Waals surface area contributed by atoms with Crippen LogP contribution in [0.5, 0.6) is 69.0 Å². The van der Waals surface area contributed by atoms with Crippen LogP contribution in [0.1, 0.15) is 128 Å². The second-order valence-corrected chi connectivity index (χ2v) is 30.9. The molecule has 6 heterocycles. The molecule has 9 N–H and O–H groups in total. The highest BCUT2D eigenvalue weighted by Crippen LogP contribution is 2.49. The van der Waals surface area contributed by atoms with Gasteiger partial charge in [0.2, 0.25) is 58.6 Å². The highest BCUT2D eigenvalue weighted by molar-refractivity contribution is 6.19. The van der Waals surface area contributed by atoms with E-state index in [1.165, 1.54) is 99.7 Å². The predicted octanol–water partition coefficient (Wildman–Crippen LogP) is 17.8. The number of phenols is 4. The highest BCUT2D eigenvalue weighted by Gasteiger charge is 2.36. The molecule has 27 nitrogen and oxygen atoms in total. The van der Waals surface area contributed by atoms with Crippen LogP contribution in [0.25, 0.3) is 58.1 Å². The number of halogens is 4. The molecule has 31 heteroatoms. The minimum Gasteiger partial charge on any atom is -0.502 e. The molecule has 0 saturated carbocycles. The van der Waals surface area contributed by atoms with E-state index >= 15 is 0 Å². The number of urea groups is 1. The quantitative estimate of drug-likeness (QED) is 0.0171. The second kappa shape index (κ2) is 44.3. The average molecular weight is 1830 g/mol. The molecule has 135 heavy (non-hydrogen) atoms. The standard InChI is InChI=1S/C27H25FN2O4.C26H26FN3O4.C26H24FN3O4.C25H22FN3O4/c1-16-20(13-25(31)29-14-17-7-5-4-6-8-17)22-12-19(28)15-30-26(22)21(16)9-18-10-23(33-2)27(32)24(11-18)34-3;1-30-20(9-17-10-22(33-2)26(32)23(11-17)34-3)19-15-28-24(27)12-18(19)21(30)13-25(31)29-14-16-7-5-4-6-8-16;1-15-18(9-17-10-21(33-2)25(31)22(11-17)34-3)19-12-23(27)28-14-20(19)24(15)30-26(32)29-13-16-7-5-4-6-8-16;1-32-21-9-16(10-22(33-2)25(21)31)8-19-18-14-27-23(26)11-17(18)20(29-19)12-24(30)28-13-15-6-4-3-5-7-15/h4-12,15,32H,13-14H2,1-3H3,(H,29,31);4-12,15,21,32H,13-14H2,1-3H3,(H,29,31);4-12,14,31H,13H2,1-3H3,(H2,29,30,32);3-11,14,31H,12-13H2,1-2H3,(H,28,30)/b;20-9+;;19-8+. The van der Waals surface area contributed by atoms with Crippen molar-refractivity contribution in [2.45, 2.75) is 65.3 Å². The summed E-state index contributed by atoms with van der Waals surface area (Å²) < 4.78 is 98.0. The molecule has 5 amide bonds. The van der Waals surface area contributed by atoms with Gasteiger partial charge in [0.25, 0.3) is 0 Å². The fourth-order valence-electron chi connectivity index (χ4n) is 15.5. The van der Waals surface area contributed by atoms with Gasteiger partial charge in [-0.1, -0.05) is 121 Å². The zero-order valence-corrected chi connectivity index (χ0v) is 75.5. The third-order valence-corrected chi connectivity index (χ3v) is 22.4. The number of aromatic nitrogens is 4. The molecule has 1 atom stereocenters. The van der Waals surface area contributed by atoms with Gasteiger partial charge in [-0.15, -0.1) is 0 Å². The number of phenolic OH excluding ortho intramolecular Hbond substituents is 4. The van der Waals surface area contributed by atoms with Crippen molar-refractivity contribution in [3.63, 3.8) is 0 Å². The number of ether oxygens (including phenoxy) is 8. The summed E-state index contributed by atoms with van der Waals surface area (Å²) in [5.41, 5.74) is 17.6. The monoisotopic (exact) mass is 1830 g/mol. The lowest BCUT2D eigenvalue weighted by Gasteiger charge is -2.23. The SMILES string of the molecule is COc1cc(/C=C2/N=C(CC(=O)NCc3ccccc3)c3cc(F)ncc32)cc(OC)c1O.COc1cc(/C=C2\c3cnc(F)cc3C(CC(=O)NCc3ccccc3)N2C)cc(OC)c1O.COc1cc(C=C2C(C)=C(CC(=O)NCc3ccccc3)c3cc(F)cnc32)cc(OC)c1O.COc1cc(C=C2C(C)=C(NC(=O)NCc3ccccc3)c3cnc(F)cc32)cc(OC)c1O. The lowest BCUT2D eigenvalue weighted by atomic mass is 10.0. The van der Waals surface area contributed by atoms with Gasteiger partial charge in [0.1, 0.15) is 5.82 Å². The fraction of sp³-hybridized carbons (Fsp3) is 0.183. The van der Waals surface area contributed by atoms with Crippen molar-refractivity contribution in [3.8, 4) is 69.0 Å². The molecule has 0 bridgehead atoms. The van der Waals surface area contributed by atoms with E-state index in [0.717, 1.165) is 62.0 Å². The Morgan fingerprint density at radius 3 is 1.21 bits per heavy atom. The Kier molecular flexibility index (Phi) is 31.4. The molecule has 4 aromatic heterocycles. The molecule has 2 aliphatic carbocycles. The number of nitrogens with zero attached hydrogens (tertiary/aromatic N) is 6. The third-order valence-electron chi connectivity index (χ3n) is 22.4. The van der Waals surface area contributed by atoms with Crippen LogP contribution in [-0.4, -0.2) is 139 Å². The Morgan fingerprint density at radius 1 is 0.393 bits per heavy atom. The Bertz CT molecular complexity index is 6570. The number of hydrogen-bond acceptors (Lipinski definition) is 22. The Labute approximate surface area is 776 Å². The summed E-state index contributed by atoms with van der Waals surface area (Å²) in [7, 11) is 13.4. The number of nitrogens with one attached hydrogen (secondary N) is 5. The van der Waals surface area contributed by atoms with Crippen molar-refractivity contribution >= 4 is 87.6 Å².